The molecular formula is C24H20O13-2. The van der Waals surface area contributed by atoms with Crippen LogP contribution in [0, 0.1) is 0 Å². The van der Waals surface area contributed by atoms with Crippen molar-refractivity contribution in [1.29, 1.82) is 0 Å². The number of phenols is 1. The zero-order valence-electron chi connectivity index (χ0n) is 18.8. The molecule has 1 aliphatic heterocycles. The van der Waals surface area contributed by atoms with Crippen LogP contribution in [0.1, 0.15) is 6.42 Å². The number of fused-ring (bicyclic) bond motifs is 1. The normalized spacial score (nSPS) is 23.5. The zero-order chi connectivity index (χ0) is 26.9. The van der Waals surface area contributed by atoms with Crippen molar-refractivity contribution in [3.8, 4) is 28.4 Å². The molecule has 4 rings (SSSR count). The van der Waals surface area contributed by atoms with Crippen molar-refractivity contribution >= 4 is 22.9 Å². The molecule has 0 saturated carbocycles. The summed E-state index contributed by atoms with van der Waals surface area (Å²) in [6.07, 6.45) is -7.87. The molecule has 0 spiro atoms. The second-order valence-corrected chi connectivity index (χ2v) is 8.18. The van der Waals surface area contributed by atoms with Gasteiger partial charge in [-0.3, -0.25) is 9.59 Å². The maximum absolute atomic E-state index is 12.8. The number of aliphatic carboxylic acids is 1. The smallest absolute Gasteiger partial charge is 0.311 e. The Bertz CT molecular complexity index is 1360. The number of carbonyl (C=O) groups is 2. The first kappa shape index (κ1) is 25.9. The number of esters is 1. The van der Waals surface area contributed by atoms with Gasteiger partial charge in [-0.2, -0.15) is 0 Å². The molecule has 13 nitrogen and oxygen atoms in total. The average Bonchev–Trinajstić information content (AvgIpc) is 2.83. The molecule has 0 amide bonds. The number of hydrogen-bond donors (Lipinski definition) is 4. The van der Waals surface area contributed by atoms with Gasteiger partial charge in [-0.1, -0.05) is 17.9 Å². The van der Waals surface area contributed by atoms with Crippen LogP contribution in [-0.4, -0.2) is 69.7 Å². The minimum absolute atomic E-state index is 0.0628. The number of hydrogen-bond acceptors (Lipinski definition) is 13. The third-order valence-electron chi connectivity index (χ3n) is 5.61. The number of carbonyl (C=O) groups excluding carboxylic acids is 2. The fraction of sp³-hybridized carbons (Fsp3) is 0.292. The summed E-state index contributed by atoms with van der Waals surface area (Å²) in [5.74, 6) is -3.73. The third kappa shape index (κ3) is 5.49. The van der Waals surface area contributed by atoms with Gasteiger partial charge in [0.15, 0.2) is 5.43 Å². The summed E-state index contributed by atoms with van der Waals surface area (Å²) in [6, 6.07) is 7.76. The van der Waals surface area contributed by atoms with Gasteiger partial charge in [0.25, 0.3) is 0 Å². The molecule has 1 aromatic heterocycles. The number of aliphatic hydroxyl groups is 3. The van der Waals surface area contributed by atoms with E-state index in [9.17, 15) is 45.0 Å². The van der Waals surface area contributed by atoms with Crippen molar-refractivity contribution in [2.24, 2.45) is 0 Å². The minimum Gasteiger partial charge on any atom is -0.872 e. The van der Waals surface area contributed by atoms with Gasteiger partial charge in [0, 0.05) is 6.07 Å². The minimum atomic E-state index is -1.74. The number of ether oxygens (including phenoxy) is 3. The van der Waals surface area contributed by atoms with Crippen molar-refractivity contribution in [2.75, 3.05) is 6.61 Å². The van der Waals surface area contributed by atoms with E-state index in [0.29, 0.717) is 5.56 Å². The van der Waals surface area contributed by atoms with E-state index in [1.165, 1.54) is 24.3 Å². The van der Waals surface area contributed by atoms with Crippen molar-refractivity contribution < 1.29 is 58.9 Å². The molecule has 0 bridgehead atoms. The summed E-state index contributed by atoms with van der Waals surface area (Å²) in [4.78, 5) is 34.7. The van der Waals surface area contributed by atoms with Crippen molar-refractivity contribution in [2.45, 2.75) is 37.1 Å². The van der Waals surface area contributed by atoms with E-state index in [2.05, 4.69) is 0 Å². The van der Waals surface area contributed by atoms with E-state index in [4.69, 9.17) is 18.6 Å². The molecular weight excluding hydrogens is 496 g/mol. The Morgan fingerprint density at radius 3 is 2.41 bits per heavy atom. The fourth-order valence-electron chi connectivity index (χ4n) is 3.75. The van der Waals surface area contributed by atoms with Crippen molar-refractivity contribution in [3.63, 3.8) is 0 Å². The monoisotopic (exact) mass is 516 g/mol. The van der Waals surface area contributed by atoms with Gasteiger partial charge >= 0.3 is 5.97 Å². The Kier molecular flexibility index (Phi) is 7.31. The average molecular weight is 516 g/mol. The van der Waals surface area contributed by atoms with Crippen LogP contribution >= 0.6 is 0 Å². The lowest BCUT2D eigenvalue weighted by molar-refractivity contribution is -0.305. The number of rotatable bonds is 7. The Morgan fingerprint density at radius 2 is 1.73 bits per heavy atom. The van der Waals surface area contributed by atoms with Crippen LogP contribution in [0.25, 0.3) is 22.1 Å². The molecule has 13 heteroatoms. The first-order chi connectivity index (χ1) is 17.5. The standard InChI is InChI=1S/C24H22O13/c25-11-5-14(26)19-15(6-11)34-8-13(20(19)30)10-1-3-12(4-2-10)36-24-23(33)22(32)21(31)16(37-24)9-35-18(29)7-17(27)28/h1-6,8,16,21-26,31-33H,7,9H2,(H,27,28)/p-2/t16-,21-,22+,23-,24-/m1/s1. The zero-order valence-corrected chi connectivity index (χ0v) is 18.8. The molecule has 4 N–H and O–H groups in total. The molecule has 0 radical (unpaired) electrons. The third-order valence-corrected chi connectivity index (χ3v) is 5.61. The predicted molar refractivity (Wildman–Crippen MR) is 117 cm³/mol. The lowest BCUT2D eigenvalue weighted by Crippen LogP contribution is -2.60. The number of aliphatic hydroxyl groups excluding tert-OH is 3. The van der Waals surface area contributed by atoms with Gasteiger partial charge in [0.05, 0.1) is 23.3 Å². The largest absolute Gasteiger partial charge is 0.872 e. The number of aromatic hydroxyl groups is 1. The molecule has 1 saturated heterocycles. The molecule has 3 aromatic rings. The highest BCUT2D eigenvalue weighted by molar-refractivity contribution is 5.89. The SMILES string of the molecule is O=C([O-])CC(=O)OC[C@H]1O[C@@H](Oc2ccc(-c3coc4cc(O)cc([O-])c4c3=O)cc2)[C@H](O)[C@@H](O)[C@@H]1O. The van der Waals surface area contributed by atoms with Crippen LogP contribution in [0.2, 0.25) is 0 Å². The van der Waals surface area contributed by atoms with E-state index >= 15 is 0 Å². The van der Waals surface area contributed by atoms with E-state index in [1.54, 1.807) is 0 Å². The number of benzene rings is 2. The fourth-order valence-corrected chi connectivity index (χ4v) is 3.75. The van der Waals surface area contributed by atoms with Gasteiger partial charge in [0.1, 0.15) is 54.4 Å². The molecule has 1 fully saturated rings. The summed E-state index contributed by atoms with van der Waals surface area (Å²) < 4.78 is 21.0. The first-order valence-electron chi connectivity index (χ1n) is 10.8. The number of phenolic OH excluding ortho intramolecular Hbond substituents is 1. The lowest BCUT2D eigenvalue weighted by atomic mass is 9.99. The van der Waals surface area contributed by atoms with Crippen molar-refractivity contribution in [1.82, 2.24) is 0 Å². The van der Waals surface area contributed by atoms with E-state index < -0.39 is 66.9 Å². The van der Waals surface area contributed by atoms with Gasteiger partial charge in [0.2, 0.25) is 6.29 Å². The summed E-state index contributed by atoms with van der Waals surface area (Å²) in [6.45, 7) is -0.632. The van der Waals surface area contributed by atoms with E-state index in [0.717, 1.165) is 18.4 Å². The molecule has 0 unspecified atom stereocenters. The van der Waals surface area contributed by atoms with Crippen LogP contribution in [0.3, 0.4) is 0 Å². The van der Waals surface area contributed by atoms with Gasteiger partial charge < -0.3 is 54.1 Å². The summed E-state index contributed by atoms with van der Waals surface area (Å²) >= 11 is 0. The lowest BCUT2D eigenvalue weighted by Gasteiger charge is -2.39. The highest BCUT2D eigenvalue weighted by Crippen LogP contribution is 2.30. The summed E-state index contributed by atoms with van der Waals surface area (Å²) in [5, 5.41) is 62.4. The highest BCUT2D eigenvalue weighted by atomic mass is 16.7. The van der Waals surface area contributed by atoms with Crippen LogP contribution < -0.4 is 20.4 Å². The maximum Gasteiger partial charge on any atom is 0.311 e. The molecule has 5 atom stereocenters. The maximum atomic E-state index is 12.8. The molecule has 1 aliphatic rings. The summed E-state index contributed by atoms with van der Waals surface area (Å²) in [5.41, 5.74) is -0.261. The second-order valence-electron chi connectivity index (χ2n) is 8.18. The van der Waals surface area contributed by atoms with Crippen molar-refractivity contribution in [3.05, 3.63) is 52.9 Å². The Hall–Kier alpha value is -4.17. The number of carboxylic acid groups (broad SMARTS) is 1. The Morgan fingerprint density at radius 1 is 1.03 bits per heavy atom. The Balaban J connectivity index is 1.49. The second kappa shape index (κ2) is 10.4. The predicted octanol–water partition coefficient (Wildman–Crippen LogP) is -1.89. The highest BCUT2D eigenvalue weighted by Gasteiger charge is 2.45. The van der Waals surface area contributed by atoms with Crippen LogP contribution in [0.4, 0.5) is 0 Å². The van der Waals surface area contributed by atoms with E-state index in [-0.39, 0.29) is 28.0 Å². The topological polar surface area (TPSA) is 219 Å². The van der Waals surface area contributed by atoms with Crippen LogP contribution in [0.5, 0.6) is 17.2 Å². The Labute approximate surface area is 207 Å². The van der Waals surface area contributed by atoms with Gasteiger partial charge in [-0.05, 0) is 23.8 Å². The molecule has 196 valence electrons. The number of carboxylic acids is 1. The molecule has 2 aromatic carbocycles. The first-order valence-corrected chi connectivity index (χ1v) is 10.8. The molecule has 2 heterocycles. The van der Waals surface area contributed by atoms with Gasteiger partial charge in [-0.15, -0.1) is 0 Å². The van der Waals surface area contributed by atoms with Gasteiger partial charge in [-0.25, -0.2) is 0 Å². The molecule has 0 aliphatic carbocycles. The van der Waals surface area contributed by atoms with Crippen LogP contribution in [-0.2, 0) is 19.1 Å². The van der Waals surface area contributed by atoms with E-state index in [1.807, 2.05) is 0 Å². The molecule has 37 heavy (non-hydrogen) atoms. The summed E-state index contributed by atoms with van der Waals surface area (Å²) in [7, 11) is 0. The quantitative estimate of drug-likeness (QED) is 0.200. The van der Waals surface area contributed by atoms with Crippen LogP contribution in [0.15, 0.2) is 51.9 Å².